The average Bonchev–Trinajstić information content (AvgIpc) is 3.02. The summed E-state index contributed by atoms with van der Waals surface area (Å²) in [6, 6.07) is 23.5. The van der Waals surface area contributed by atoms with Gasteiger partial charge in [0.1, 0.15) is 18.0 Å². The molecule has 4 aromatic rings. The standard InChI is InChI=1S/C18H18F3NO4.C14H16N4O/c19-18(20,21)13-4-3-5-14(12-13)22-16-7-2-1-6-15(16)17(24)26-11-10-25-9-8-23;1-2-19-12-6-4-11(5-7-12)17-18-14-8-3-10(15)9-13(14)16/h1-7,12,22-23H,8-11H2;3-9H,2,15-16H2,1H3/b;18-17+. The SMILES string of the molecule is CCOc1ccc(/N=N/c2ccc(N)cc2N)cc1.O=C(OCCOCCO)c1ccccc1Nc1cccc(C(F)(F)F)c1. The lowest BCUT2D eigenvalue weighted by Crippen LogP contribution is -2.13. The van der Waals surface area contributed by atoms with Crippen LogP contribution in [0.2, 0.25) is 0 Å². The van der Waals surface area contributed by atoms with Crippen LogP contribution in [0.5, 0.6) is 5.75 Å². The number of aliphatic hydroxyl groups excluding tert-OH is 1. The number of nitrogens with zero attached hydrogens (tertiary/aromatic N) is 2. The van der Waals surface area contributed by atoms with Crippen LogP contribution in [-0.4, -0.2) is 44.1 Å². The number of halogens is 3. The minimum Gasteiger partial charge on any atom is -0.494 e. The van der Waals surface area contributed by atoms with E-state index in [4.69, 9.17) is 30.8 Å². The van der Waals surface area contributed by atoms with Gasteiger partial charge in [0.25, 0.3) is 0 Å². The molecule has 0 saturated heterocycles. The molecule has 0 aromatic heterocycles. The summed E-state index contributed by atoms with van der Waals surface area (Å²) in [5, 5.41) is 19.6. The largest absolute Gasteiger partial charge is 0.494 e. The van der Waals surface area contributed by atoms with Gasteiger partial charge in [-0.2, -0.15) is 18.3 Å². The Balaban J connectivity index is 0.000000257. The number of hydrogen-bond acceptors (Lipinski definition) is 10. The molecule has 0 unspecified atom stereocenters. The number of alkyl halides is 3. The summed E-state index contributed by atoms with van der Waals surface area (Å²) in [4.78, 5) is 12.2. The summed E-state index contributed by atoms with van der Waals surface area (Å²) in [6.07, 6.45) is -4.45. The number of benzene rings is 4. The molecule has 0 aliphatic rings. The van der Waals surface area contributed by atoms with Gasteiger partial charge in [-0.1, -0.05) is 18.2 Å². The van der Waals surface area contributed by atoms with Gasteiger partial charge in [-0.15, -0.1) is 5.11 Å². The van der Waals surface area contributed by atoms with E-state index in [1.165, 1.54) is 18.2 Å². The number of carbonyl (C=O) groups is 1. The lowest BCUT2D eigenvalue weighted by Gasteiger charge is -2.13. The number of nitrogens with two attached hydrogens (primary N) is 2. The first kappa shape index (κ1) is 34.4. The second-order valence-corrected chi connectivity index (χ2v) is 9.17. The Bertz CT molecular complexity index is 1550. The van der Waals surface area contributed by atoms with Crippen molar-refractivity contribution in [3.8, 4) is 5.75 Å². The molecule has 4 aromatic carbocycles. The van der Waals surface area contributed by atoms with Crippen molar-refractivity contribution in [2.24, 2.45) is 10.2 Å². The van der Waals surface area contributed by atoms with Crippen LogP contribution < -0.4 is 21.5 Å². The Morgan fingerprint density at radius 1 is 0.889 bits per heavy atom. The maximum absolute atomic E-state index is 12.8. The third-order valence-corrected chi connectivity index (χ3v) is 5.78. The fourth-order valence-corrected chi connectivity index (χ4v) is 3.69. The van der Waals surface area contributed by atoms with E-state index < -0.39 is 17.7 Å². The van der Waals surface area contributed by atoms with Gasteiger partial charge in [0.05, 0.1) is 54.6 Å². The number of rotatable bonds is 12. The highest BCUT2D eigenvalue weighted by molar-refractivity contribution is 5.96. The van der Waals surface area contributed by atoms with Crippen LogP contribution in [-0.2, 0) is 15.7 Å². The Morgan fingerprint density at radius 2 is 1.64 bits per heavy atom. The maximum atomic E-state index is 12.8. The third-order valence-electron chi connectivity index (χ3n) is 5.78. The highest BCUT2D eigenvalue weighted by Crippen LogP contribution is 2.32. The molecule has 0 spiro atoms. The van der Waals surface area contributed by atoms with E-state index in [2.05, 4.69) is 15.5 Å². The van der Waals surface area contributed by atoms with Gasteiger partial charge in [-0.05, 0) is 79.7 Å². The highest BCUT2D eigenvalue weighted by atomic mass is 19.4. The second kappa shape index (κ2) is 17.2. The minimum absolute atomic E-state index is 0.00325. The van der Waals surface area contributed by atoms with Crippen molar-refractivity contribution < 1.29 is 37.3 Å². The van der Waals surface area contributed by atoms with E-state index in [1.54, 1.807) is 36.4 Å². The summed E-state index contributed by atoms with van der Waals surface area (Å²) in [5.41, 5.74) is 13.8. The van der Waals surface area contributed by atoms with Crippen molar-refractivity contribution in [2.75, 3.05) is 49.8 Å². The summed E-state index contributed by atoms with van der Waals surface area (Å²) in [7, 11) is 0. The van der Waals surface area contributed by atoms with E-state index in [-0.39, 0.29) is 37.7 Å². The first-order chi connectivity index (χ1) is 21.6. The Morgan fingerprint density at radius 3 is 2.33 bits per heavy atom. The molecule has 0 aliphatic carbocycles. The molecule has 45 heavy (non-hydrogen) atoms. The van der Waals surface area contributed by atoms with Crippen LogP contribution in [0.3, 0.4) is 0 Å². The number of esters is 1. The van der Waals surface area contributed by atoms with E-state index >= 15 is 0 Å². The van der Waals surface area contributed by atoms with Crippen LogP contribution in [0.4, 0.5) is 47.3 Å². The molecule has 0 radical (unpaired) electrons. The quantitative estimate of drug-likeness (QED) is 0.0554. The zero-order valence-electron chi connectivity index (χ0n) is 24.5. The number of para-hydroxylation sites is 1. The fraction of sp³-hybridized carbons (Fsp3) is 0.219. The zero-order valence-corrected chi connectivity index (χ0v) is 24.5. The van der Waals surface area contributed by atoms with Gasteiger partial charge < -0.3 is 36.1 Å². The molecule has 6 N–H and O–H groups in total. The van der Waals surface area contributed by atoms with Crippen LogP contribution in [0, 0.1) is 0 Å². The summed E-state index contributed by atoms with van der Waals surface area (Å²) >= 11 is 0. The van der Waals surface area contributed by atoms with E-state index in [1.807, 2.05) is 31.2 Å². The van der Waals surface area contributed by atoms with Gasteiger partial charge in [0, 0.05) is 11.4 Å². The molecule has 0 amide bonds. The van der Waals surface area contributed by atoms with Crippen molar-refractivity contribution in [3.63, 3.8) is 0 Å². The van der Waals surface area contributed by atoms with Crippen molar-refractivity contribution in [1.29, 1.82) is 0 Å². The number of aliphatic hydroxyl groups is 1. The van der Waals surface area contributed by atoms with Crippen LogP contribution in [0.15, 0.2) is 101 Å². The molecule has 0 fully saturated rings. The van der Waals surface area contributed by atoms with Crippen LogP contribution in [0.1, 0.15) is 22.8 Å². The average molecular weight is 626 g/mol. The summed E-state index contributed by atoms with van der Waals surface area (Å²) < 4.78 is 53.8. The zero-order chi connectivity index (χ0) is 32.7. The Kier molecular flexibility index (Phi) is 13.2. The molecule has 13 heteroatoms. The van der Waals surface area contributed by atoms with E-state index in [0.29, 0.717) is 29.4 Å². The van der Waals surface area contributed by atoms with Crippen molar-refractivity contribution >= 4 is 40.1 Å². The predicted octanol–water partition coefficient (Wildman–Crippen LogP) is 7.28. The first-order valence-corrected chi connectivity index (χ1v) is 13.8. The lowest BCUT2D eigenvalue weighted by molar-refractivity contribution is -0.137. The molecule has 0 saturated carbocycles. The van der Waals surface area contributed by atoms with Gasteiger partial charge in [-0.25, -0.2) is 4.79 Å². The molecular weight excluding hydrogens is 591 g/mol. The lowest BCUT2D eigenvalue weighted by atomic mass is 10.1. The van der Waals surface area contributed by atoms with Crippen molar-refractivity contribution in [2.45, 2.75) is 13.1 Å². The van der Waals surface area contributed by atoms with Gasteiger partial charge in [0.15, 0.2) is 0 Å². The molecule has 238 valence electrons. The van der Waals surface area contributed by atoms with Gasteiger partial charge >= 0.3 is 12.1 Å². The Hall–Kier alpha value is -5.14. The van der Waals surface area contributed by atoms with Crippen LogP contribution >= 0.6 is 0 Å². The molecule has 0 atom stereocenters. The smallest absolute Gasteiger partial charge is 0.416 e. The summed E-state index contributed by atoms with van der Waals surface area (Å²) in [5.74, 6) is 0.182. The maximum Gasteiger partial charge on any atom is 0.416 e. The monoisotopic (exact) mass is 625 g/mol. The first-order valence-electron chi connectivity index (χ1n) is 13.8. The number of anilines is 4. The second-order valence-electron chi connectivity index (χ2n) is 9.17. The van der Waals surface area contributed by atoms with Crippen molar-refractivity contribution in [3.05, 3.63) is 102 Å². The van der Waals surface area contributed by atoms with Gasteiger partial charge in [-0.3, -0.25) is 0 Å². The third kappa shape index (κ3) is 11.5. The summed E-state index contributed by atoms with van der Waals surface area (Å²) in [6.45, 7) is 2.73. The van der Waals surface area contributed by atoms with Crippen molar-refractivity contribution in [1.82, 2.24) is 0 Å². The predicted molar refractivity (Wildman–Crippen MR) is 166 cm³/mol. The molecular formula is C32H34F3N5O5. The number of azo groups is 1. The number of carbonyl (C=O) groups excluding carboxylic acids is 1. The molecule has 4 rings (SSSR count). The number of nitrogens with one attached hydrogen (secondary N) is 1. The number of ether oxygens (including phenoxy) is 3. The van der Waals surface area contributed by atoms with Crippen LogP contribution in [0.25, 0.3) is 0 Å². The van der Waals surface area contributed by atoms with E-state index in [9.17, 15) is 18.0 Å². The molecule has 0 bridgehead atoms. The Labute approximate surface area is 258 Å². The number of nitrogen functional groups attached to an aromatic ring is 2. The number of hydrogen-bond donors (Lipinski definition) is 4. The molecule has 10 nitrogen and oxygen atoms in total. The van der Waals surface area contributed by atoms with E-state index in [0.717, 1.165) is 23.6 Å². The van der Waals surface area contributed by atoms with Gasteiger partial charge in [0.2, 0.25) is 0 Å². The molecule has 0 aliphatic heterocycles. The minimum atomic E-state index is -4.45. The highest BCUT2D eigenvalue weighted by Gasteiger charge is 2.30. The normalized spacial score (nSPS) is 11.0. The topological polar surface area (TPSA) is 154 Å². The fourth-order valence-electron chi connectivity index (χ4n) is 3.69. The molecule has 0 heterocycles.